The van der Waals surface area contributed by atoms with Crippen LogP contribution >= 0.6 is 0 Å². The first-order valence-electron chi connectivity index (χ1n) is 8.81. The van der Waals surface area contributed by atoms with Gasteiger partial charge in [0.15, 0.2) is 0 Å². The molecule has 1 aromatic carbocycles. The number of hydrogen-bond donors (Lipinski definition) is 2. The van der Waals surface area contributed by atoms with Crippen LogP contribution in [0.2, 0.25) is 0 Å². The summed E-state index contributed by atoms with van der Waals surface area (Å²) in [6.45, 7) is 1.57. The Morgan fingerprint density at radius 3 is 2.63 bits per heavy atom. The van der Waals surface area contributed by atoms with E-state index in [1.54, 1.807) is 6.92 Å². The quantitative estimate of drug-likeness (QED) is 0.471. The van der Waals surface area contributed by atoms with Crippen molar-refractivity contribution in [3.8, 4) is 5.75 Å². The van der Waals surface area contributed by atoms with Gasteiger partial charge in [0.25, 0.3) is 5.69 Å². The Morgan fingerprint density at radius 2 is 1.96 bits per heavy atom. The molecule has 0 spiro atoms. The highest BCUT2D eigenvalue weighted by Crippen LogP contribution is 2.33. The number of ether oxygens (including phenoxy) is 1. The maximum absolute atomic E-state index is 12.8. The van der Waals surface area contributed by atoms with E-state index in [9.17, 15) is 24.8 Å². The molecule has 1 aliphatic carbocycles. The number of allylic oxidation sites excluding steroid dienone is 1. The van der Waals surface area contributed by atoms with E-state index in [0.717, 1.165) is 44.2 Å². The molecule has 2 N–H and O–H groups in total. The van der Waals surface area contributed by atoms with E-state index in [2.05, 4.69) is 10.6 Å². The Bertz CT molecular complexity index is 813. The van der Waals surface area contributed by atoms with Gasteiger partial charge in [-0.25, -0.2) is 9.59 Å². The Balaban J connectivity index is 1.93. The number of nitrogens with one attached hydrogen (secondary N) is 2. The van der Waals surface area contributed by atoms with E-state index in [4.69, 9.17) is 4.74 Å². The summed E-state index contributed by atoms with van der Waals surface area (Å²) in [4.78, 5) is 35.0. The minimum absolute atomic E-state index is 0.174. The molecular weight excluding hydrogens is 354 g/mol. The molecule has 0 bridgehead atoms. The number of nitro benzene ring substituents is 1. The third-order valence-corrected chi connectivity index (χ3v) is 4.83. The Hall–Kier alpha value is -3.10. The molecule has 0 radical (unpaired) electrons. The average molecular weight is 374 g/mol. The lowest BCUT2D eigenvalue weighted by molar-refractivity contribution is -0.398. The molecular formula is C18H20N3O6-. The number of urea groups is 1. The zero-order valence-electron chi connectivity index (χ0n) is 14.8. The minimum atomic E-state index is -0.936. The first-order valence-corrected chi connectivity index (χ1v) is 8.81. The second-order valence-electron chi connectivity index (χ2n) is 6.72. The number of benzene rings is 1. The first kappa shape index (κ1) is 18.7. The maximum atomic E-state index is 12.8. The lowest BCUT2D eigenvalue weighted by Crippen LogP contribution is -2.45. The molecule has 1 fully saturated rings. The molecule has 1 heterocycles. The molecule has 1 saturated carbocycles. The molecule has 1 aliphatic heterocycles. The molecule has 1 aromatic rings. The highest BCUT2D eigenvalue weighted by Gasteiger charge is 2.34. The predicted molar refractivity (Wildman–Crippen MR) is 92.6 cm³/mol. The van der Waals surface area contributed by atoms with Crippen molar-refractivity contribution in [2.75, 3.05) is 0 Å². The van der Waals surface area contributed by atoms with Gasteiger partial charge < -0.3 is 20.5 Å². The fourth-order valence-electron chi connectivity index (χ4n) is 3.47. The van der Waals surface area contributed by atoms with Crippen molar-refractivity contribution in [3.05, 3.63) is 45.1 Å². The minimum Gasteiger partial charge on any atom is -0.868 e. The van der Waals surface area contributed by atoms with E-state index < -0.39 is 34.4 Å². The molecule has 1 atom stereocenters. The fraction of sp³-hybridized carbons (Fsp3) is 0.444. The highest BCUT2D eigenvalue weighted by molar-refractivity contribution is 5.95. The largest absolute Gasteiger partial charge is 0.868 e. The van der Waals surface area contributed by atoms with Crippen LogP contribution in [0.15, 0.2) is 29.5 Å². The van der Waals surface area contributed by atoms with Gasteiger partial charge >= 0.3 is 12.0 Å². The monoisotopic (exact) mass is 374 g/mol. The van der Waals surface area contributed by atoms with Gasteiger partial charge in [-0.3, -0.25) is 10.1 Å². The number of rotatable bonds is 4. The fourth-order valence-corrected chi connectivity index (χ4v) is 3.47. The van der Waals surface area contributed by atoms with Gasteiger partial charge in [-0.05, 0) is 43.9 Å². The Morgan fingerprint density at radius 1 is 1.26 bits per heavy atom. The second-order valence-corrected chi connectivity index (χ2v) is 6.72. The van der Waals surface area contributed by atoms with Crippen LogP contribution in [0, 0.1) is 10.1 Å². The van der Waals surface area contributed by atoms with Gasteiger partial charge in [0, 0.05) is 11.8 Å². The van der Waals surface area contributed by atoms with Crippen LogP contribution in [0.1, 0.15) is 50.6 Å². The van der Waals surface area contributed by atoms with E-state index in [-0.39, 0.29) is 17.2 Å². The van der Waals surface area contributed by atoms with Crippen LogP contribution < -0.4 is 15.7 Å². The van der Waals surface area contributed by atoms with Crippen LogP contribution in [0.25, 0.3) is 0 Å². The van der Waals surface area contributed by atoms with Gasteiger partial charge in [-0.15, -0.1) is 0 Å². The van der Waals surface area contributed by atoms with E-state index in [1.165, 1.54) is 6.07 Å². The maximum Gasteiger partial charge on any atom is 0.338 e. The van der Waals surface area contributed by atoms with Crippen LogP contribution in [0.5, 0.6) is 5.75 Å². The zero-order chi connectivity index (χ0) is 19.6. The van der Waals surface area contributed by atoms with Crippen LogP contribution in [0.4, 0.5) is 10.5 Å². The first-order chi connectivity index (χ1) is 12.9. The number of nitrogens with zero attached hydrogens (tertiary/aromatic N) is 1. The summed E-state index contributed by atoms with van der Waals surface area (Å²) in [6.07, 6.45) is 4.50. The summed E-state index contributed by atoms with van der Waals surface area (Å²) in [5.74, 6) is -1.32. The molecule has 144 valence electrons. The summed E-state index contributed by atoms with van der Waals surface area (Å²) in [5, 5.41) is 27.8. The number of carbonyl (C=O) groups excluding carboxylic acids is 2. The molecule has 27 heavy (non-hydrogen) atoms. The molecule has 0 aromatic heterocycles. The van der Waals surface area contributed by atoms with Crippen molar-refractivity contribution in [3.63, 3.8) is 0 Å². The third-order valence-electron chi connectivity index (χ3n) is 4.83. The van der Waals surface area contributed by atoms with Gasteiger partial charge in [0.2, 0.25) is 0 Å². The normalized spacial score (nSPS) is 20.6. The van der Waals surface area contributed by atoms with Crippen LogP contribution in [-0.2, 0) is 9.53 Å². The van der Waals surface area contributed by atoms with Gasteiger partial charge in [0.1, 0.15) is 6.10 Å². The number of nitro groups is 1. The molecule has 9 heteroatoms. The van der Waals surface area contributed by atoms with E-state index >= 15 is 0 Å². The molecule has 3 rings (SSSR count). The number of esters is 1. The number of carbonyl (C=O) groups is 2. The van der Waals surface area contributed by atoms with E-state index in [1.807, 2.05) is 0 Å². The van der Waals surface area contributed by atoms with E-state index in [0.29, 0.717) is 5.70 Å². The van der Waals surface area contributed by atoms with Crippen LogP contribution in [0.3, 0.4) is 0 Å². The Labute approximate surface area is 155 Å². The molecule has 0 unspecified atom stereocenters. The summed E-state index contributed by atoms with van der Waals surface area (Å²) in [5.41, 5.74) is 0.149. The zero-order valence-corrected chi connectivity index (χ0v) is 14.8. The smallest absolute Gasteiger partial charge is 0.338 e. The summed E-state index contributed by atoms with van der Waals surface area (Å²) in [7, 11) is 0. The molecule has 2 aliphatic rings. The summed E-state index contributed by atoms with van der Waals surface area (Å²) in [6, 6.07) is 2.03. The van der Waals surface area contributed by atoms with Crippen molar-refractivity contribution in [2.24, 2.45) is 0 Å². The standard InChI is InChI=1S/C18H21N3O6/c1-10-15(17(23)27-12-5-3-2-4-6-12)16(20-18(24)19-10)11-7-8-14(22)13(9-11)21(25)26/h7-9,12,16,22H,2-6H2,1H3,(H2,19,20,24)/p-1/t16-/m0/s1. The Kier molecular flexibility index (Phi) is 5.29. The van der Waals surface area contributed by atoms with Crippen molar-refractivity contribution in [2.45, 2.75) is 51.2 Å². The topological polar surface area (TPSA) is 134 Å². The van der Waals surface area contributed by atoms with Crippen molar-refractivity contribution in [1.29, 1.82) is 0 Å². The number of amides is 2. The molecule has 2 amide bonds. The third kappa shape index (κ3) is 4.02. The molecule has 0 saturated heterocycles. The van der Waals surface area contributed by atoms with Crippen LogP contribution in [-0.4, -0.2) is 23.0 Å². The van der Waals surface area contributed by atoms with Crippen molar-refractivity contribution >= 4 is 17.7 Å². The van der Waals surface area contributed by atoms with Gasteiger partial charge in [0.05, 0.1) is 16.5 Å². The lowest BCUT2D eigenvalue weighted by atomic mass is 9.94. The average Bonchev–Trinajstić information content (AvgIpc) is 2.62. The SMILES string of the molecule is CC1=C(C(=O)OC2CCCCC2)[C@H](c2ccc([O-])c([N+](=O)[O-])c2)NC(=O)N1. The predicted octanol–water partition coefficient (Wildman–Crippen LogP) is 2.17. The molecule has 9 nitrogen and oxygen atoms in total. The number of hydrogen-bond acceptors (Lipinski definition) is 6. The summed E-state index contributed by atoms with van der Waals surface area (Å²) >= 11 is 0. The summed E-state index contributed by atoms with van der Waals surface area (Å²) < 4.78 is 5.61. The second kappa shape index (κ2) is 7.65. The van der Waals surface area contributed by atoms with Crippen molar-refractivity contribution in [1.82, 2.24) is 10.6 Å². The van der Waals surface area contributed by atoms with Gasteiger partial charge in [-0.2, -0.15) is 0 Å². The van der Waals surface area contributed by atoms with Crippen molar-refractivity contribution < 1.29 is 24.4 Å². The lowest BCUT2D eigenvalue weighted by Gasteiger charge is -2.30. The highest BCUT2D eigenvalue weighted by atomic mass is 16.6. The van der Waals surface area contributed by atoms with Gasteiger partial charge in [-0.1, -0.05) is 18.6 Å².